The number of phosphoric acid groups is 2. The quantitative estimate of drug-likeness (QED) is 0.0222. The van der Waals surface area contributed by atoms with Crippen molar-refractivity contribution in [3.8, 4) is 0 Å². The van der Waals surface area contributed by atoms with Crippen molar-refractivity contribution in [2.45, 2.75) is 433 Å². The molecule has 17 nitrogen and oxygen atoms in total. The topological polar surface area (TPSA) is 237 Å². The SMILES string of the molecule is CCC(C)CCCCCCCCC(=O)OC[C@H](COP(=O)(O)OC[C@H](O)COP(=O)(O)OC[C@@H](COC(=O)CCCCCCCCCCCCCCCCC(C)C)OC(=O)CCCCCCCCCCCCCCCCCCC(C)C)OC(=O)CCCCCCCCCCCCCC(C)C. The van der Waals surface area contributed by atoms with Gasteiger partial charge in [0, 0.05) is 25.7 Å². The van der Waals surface area contributed by atoms with E-state index in [1.54, 1.807) is 0 Å². The number of aliphatic hydroxyl groups is 1. The van der Waals surface area contributed by atoms with Gasteiger partial charge in [0.25, 0.3) is 0 Å². The molecule has 0 bridgehead atoms. The lowest BCUT2D eigenvalue weighted by molar-refractivity contribution is -0.161. The van der Waals surface area contributed by atoms with Crippen LogP contribution in [0.3, 0.4) is 0 Å². The molecule has 0 spiro atoms. The molecule has 3 unspecified atom stereocenters. The zero-order valence-electron chi connectivity index (χ0n) is 65.8. The maximum absolute atomic E-state index is 13.1. The molecule has 6 atom stereocenters. The molecule has 594 valence electrons. The Bertz CT molecular complexity index is 1960. The third kappa shape index (κ3) is 73.0. The molecule has 0 aliphatic rings. The van der Waals surface area contributed by atoms with Gasteiger partial charge in [0.05, 0.1) is 26.4 Å². The number of phosphoric ester groups is 2. The summed E-state index contributed by atoms with van der Waals surface area (Å²) in [5, 5.41) is 10.6. The number of hydrogen-bond acceptors (Lipinski definition) is 15. The van der Waals surface area contributed by atoms with Gasteiger partial charge < -0.3 is 33.8 Å². The predicted molar refractivity (Wildman–Crippen MR) is 409 cm³/mol. The van der Waals surface area contributed by atoms with Gasteiger partial charge >= 0.3 is 39.5 Å². The van der Waals surface area contributed by atoms with Crippen molar-refractivity contribution in [1.29, 1.82) is 0 Å². The van der Waals surface area contributed by atoms with Crippen LogP contribution in [0.2, 0.25) is 0 Å². The minimum Gasteiger partial charge on any atom is -0.462 e. The van der Waals surface area contributed by atoms with Gasteiger partial charge in [-0.2, -0.15) is 0 Å². The van der Waals surface area contributed by atoms with E-state index in [-0.39, 0.29) is 25.7 Å². The molecule has 0 heterocycles. The number of carbonyl (C=O) groups excluding carboxylic acids is 4. The Morgan fingerprint density at radius 2 is 0.480 bits per heavy atom. The molecule has 100 heavy (non-hydrogen) atoms. The van der Waals surface area contributed by atoms with E-state index >= 15 is 0 Å². The van der Waals surface area contributed by atoms with E-state index in [1.807, 2.05) is 0 Å². The van der Waals surface area contributed by atoms with Crippen LogP contribution in [0.4, 0.5) is 0 Å². The van der Waals surface area contributed by atoms with E-state index in [2.05, 4.69) is 55.4 Å². The standard InChI is InChI=1S/C81H158O17P2/c1-9-74(8)60-52-44-39-40-46-54-62-79(84)92-68-77(98-81(86)64-56-48-38-32-26-20-23-29-35-43-51-59-73(6)7)70-96-100(89,90)94-66-75(82)65-93-99(87,88)95-69-76(67-91-78(83)61-53-45-36-30-24-18-15-14-17-22-28-34-42-50-58-72(4)5)97-80(85)63-55-47-37-31-25-19-13-11-10-12-16-21-27-33-41-49-57-71(2)3/h71-77,82H,9-70H2,1-8H3,(H,87,88)(H,89,90)/t74?,75-,76-,77-/m1/s1. The van der Waals surface area contributed by atoms with Crippen molar-refractivity contribution in [1.82, 2.24) is 0 Å². The second kappa shape index (κ2) is 70.1. The molecule has 19 heteroatoms. The van der Waals surface area contributed by atoms with E-state index in [0.717, 1.165) is 120 Å². The summed E-state index contributed by atoms with van der Waals surface area (Å²) in [4.78, 5) is 73.0. The molecule has 0 radical (unpaired) electrons. The normalized spacial score (nSPS) is 14.3. The second-order valence-corrected chi connectivity index (χ2v) is 33.7. The Kier molecular flexibility index (Phi) is 68.7. The van der Waals surface area contributed by atoms with E-state index in [1.165, 1.54) is 212 Å². The Morgan fingerprint density at radius 1 is 0.280 bits per heavy atom. The first-order chi connectivity index (χ1) is 48.1. The lowest BCUT2D eigenvalue weighted by Crippen LogP contribution is -2.30. The van der Waals surface area contributed by atoms with Crippen molar-refractivity contribution in [2.24, 2.45) is 23.7 Å². The van der Waals surface area contributed by atoms with Crippen LogP contribution in [0.5, 0.6) is 0 Å². The highest BCUT2D eigenvalue weighted by Crippen LogP contribution is 2.45. The van der Waals surface area contributed by atoms with E-state index in [9.17, 15) is 43.2 Å². The molecule has 0 aliphatic heterocycles. The van der Waals surface area contributed by atoms with Gasteiger partial charge in [-0.3, -0.25) is 37.3 Å². The Morgan fingerprint density at radius 3 is 0.710 bits per heavy atom. The summed E-state index contributed by atoms with van der Waals surface area (Å²) in [6, 6.07) is 0. The number of hydrogen-bond donors (Lipinski definition) is 3. The highest BCUT2D eigenvalue weighted by atomic mass is 31.2. The van der Waals surface area contributed by atoms with Gasteiger partial charge in [-0.1, -0.05) is 364 Å². The van der Waals surface area contributed by atoms with Gasteiger partial charge in [-0.15, -0.1) is 0 Å². The molecule has 0 aromatic heterocycles. The lowest BCUT2D eigenvalue weighted by atomic mass is 10.00. The summed E-state index contributed by atoms with van der Waals surface area (Å²) >= 11 is 0. The van der Waals surface area contributed by atoms with Crippen molar-refractivity contribution >= 4 is 39.5 Å². The maximum Gasteiger partial charge on any atom is 0.472 e. The number of carbonyl (C=O) groups is 4. The summed E-state index contributed by atoms with van der Waals surface area (Å²) in [6.07, 6.45) is 56.9. The van der Waals surface area contributed by atoms with Gasteiger partial charge in [0.2, 0.25) is 0 Å². The Balaban J connectivity index is 5.25. The Labute approximate surface area is 613 Å². The number of ether oxygens (including phenoxy) is 4. The first-order valence-corrected chi connectivity index (χ1v) is 44.7. The predicted octanol–water partition coefficient (Wildman–Crippen LogP) is 24.0. The van der Waals surface area contributed by atoms with Gasteiger partial charge in [-0.05, 0) is 49.4 Å². The minimum atomic E-state index is -4.96. The minimum absolute atomic E-state index is 0.105. The maximum atomic E-state index is 13.1. The summed E-state index contributed by atoms with van der Waals surface area (Å²) < 4.78 is 68.7. The Hall–Kier alpha value is -1.94. The molecule has 3 N–H and O–H groups in total. The largest absolute Gasteiger partial charge is 0.472 e. The highest BCUT2D eigenvalue weighted by Gasteiger charge is 2.30. The van der Waals surface area contributed by atoms with Crippen LogP contribution in [-0.4, -0.2) is 96.7 Å². The first kappa shape index (κ1) is 98.1. The molecule has 0 aromatic carbocycles. The molecule has 0 aliphatic carbocycles. The number of unbranched alkanes of at least 4 members (excludes halogenated alkanes) is 43. The van der Waals surface area contributed by atoms with Gasteiger partial charge in [0.15, 0.2) is 12.2 Å². The van der Waals surface area contributed by atoms with Crippen LogP contribution >= 0.6 is 15.6 Å². The summed E-state index contributed by atoms with van der Waals surface area (Å²) in [5.41, 5.74) is 0. The van der Waals surface area contributed by atoms with Crippen LogP contribution in [0.15, 0.2) is 0 Å². The lowest BCUT2D eigenvalue weighted by Gasteiger charge is -2.21. The van der Waals surface area contributed by atoms with Crippen molar-refractivity contribution in [3.63, 3.8) is 0 Å². The smallest absolute Gasteiger partial charge is 0.462 e. The number of rotatable bonds is 78. The highest BCUT2D eigenvalue weighted by molar-refractivity contribution is 7.47. The van der Waals surface area contributed by atoms with Crippen LogP contribution < -0.4 is 0 Å². The van der Waals surface area contributed by atoms with Gasteiger partial charge in [-0.25, -0.2) is 9.13 Å². The fourth-order valence-electron chi connectivity index (χ4n) is 12.4. The molecule has 0 rings (SSSR count). The second-order valence-electron chi connectivity index (χ2n) is 30.8. The molecular weight excluding hydrogens is 1310 g/mol. The van der Waals surface area contributed by atoms with Crippen LogP contribution in [0, 0.1) is 23.7 Å². The fourth-order valence-corrected chi connectivity index (χ4v) is 14.0. The summed E-state index contributed by atoms with van der Waals surface area (Å²) in [7, 11) is -9.92. The average Bonchev–Trinajstić information content (AvgIpc) is 0.911. The van der Waals surface area contributed by atoms with Gasteiger partial charge in [0.1, 0.15) is 19.3 Å². The summed E-state index contributed by atoms with van der Waals surface area (Å²) in [6.45, 7) is 14.3. The number of aliphatic hydroxyl groups excluding tert-OH is 1. The van der Waals surface area contributed by atoms with Crippen molar-refractivity contribution in [2.75, 3.05) is 39.6 Å². The molecular formula is C81H158O17P2. The molecule has 0 amide bonds. The van der Waals surface area contributed by atoms with Crippen LogP contribution in [0.25, 0.3) is 0 Å². The van der Waals surface area contributed by atoms with Crippen LogP contribution in [0.1, 0.15) is 415 Å². The van der Waals surface area contributed by atoms with Crippen LogP contribution in [-0.2, 0) is 65.4 Å². The van der Waals surface area contributed by atoms with Crippen molar-refractivity contribution in [3.05, 3.63) is 0 Å². The third-order valence-electron chi connectivity index (χ3n) is 19.2. The molecule has 0 saturated heterocycles. The average molecular weight is 1470 g/mol. The zero-order valence-corrected chi connectivity index (χ0v) is 67.6. The number of esters is 4. The van der Waals surface area contributed by atoms with E-state index in [4.69, 9.17) is 37.0 Å². The molecule has 0 saturated carbocycles. The summed E-state index contributed by atoms with van der Waals surface area (Å²) in [5.74, 6) is 0.990. The third-order valence-corrected chi connectivity index (χ3v) is 21.1. The van der Waals surface area contributed by atoms with E-state index in [0.29, 0.717) is 25.7 Å². The van der Waals surface area contributed by atoms with E-state index < -0.39 is 97.5 Å². The first-order valence-electron chi connectivity index (χ1n) is 41.7. The molecule has 0 aromatic rings. The molecule has 0 fully saturated rings. The fraction of sp³-hybridized carbons (Fsp3) is 0.951. The zero-order chi connectivity index (χ0) is 73.8. The van der Waals surface area contributed by atoms with Crippen molar-refractivity contribution < 1.29 is 80.2 Å². The monoisotopic (exact) mass is 1470 g/mol.